The highest BCUT2D eigenvalue weighted by molar-refractivity contribution is 6.31. The van der Waals surface area contributed by atoms with E-state index in [9.17, 15) is 4.79 Å². The van der Waals surface area contributed by atoms with Crippen LogP contribution in [0.1, 0.15) is 35.9 Å². The van der Waals surface area contributed by atoms with Gasteiger partial charge >= 0.3 is 0 Å². The van der Waals surface area contributed by atoms with Crippen molar-refractivity contribution in [2.75, 3.05) is 0 Å². The van der Waals surface area contributed by atoms with Gasteiger partial charge in [0, 0.05) is 15.9 Å². The Kier molecular flexibility index (Phi) is 4.39. The molecular formula is C19H19ClN2O. The maximum atomic E-state index is 12.6. The Bertz CT molecular complexity index is 824. The maximum Gasteiger partial charge on any atom is 0.268 e. The fourth-order valence-corrected chi connectivity index (χ4v) is 2.92. The van der Waals surface area contributed by atoms with Crippen molar-refractivity contribution in [1.82, 2.24) is 10.3 Å². The average Bonchev–Trinajstić information content (AvgIpc) is 2.96. The summed E-state index contributed by atoms with van der Waals surface area (Å²) >= 11 is 6.00. The fraction of sp³-hybridized carbons (Fsp3) is 0.211. The van der Waals surface area contributed by atoms with Crippen LogP contribution in [-0.2, 0) is 0 Å². The molecule has 2 aromatic carbocycles. The smallest absolute Gasteiger partial charge is 0.268 e. The molecule has 0 spiro atoms. The van der Waals surface area contributed by atoms with Crippen molar-refractivity contribution >= 4 is 28.4 Å². The zero-order valence-electron chi connectivity index (χ0n) is 13.1. The number of halogens is 1. The zero-order valence-corrected chi connectivity index (χ0v) is 13.9. The van der Waals surface area contributed by atoms with Crippen LogP contribution in [0.5, 0.6) is 0 Å². The highest BCUT2D eigenvalue weighted by atomic mass is 35.5. The van der Waals surface area contributed by atoms with Crippen molar-refractivity contribution in [1.29, 1.82) is 0 Å². The Hall–Kier alpha value is -2.26. The number of benzene rings is 2. The molecule has 1 amide bonds. The van der Waals surface area contributed by atoms with E-state index >= 15 is 0 Å². The van der Waals surface area contributed by atoms with Gasteiger partial charge in [-0.05, 0) is 35.7 Å². The predicted molar refractivity (Wildman–Crippen MR) is 94.8 cm³/mol. The van der Waals surface area contributed by atoms with E-state index in [1.165, 1.54) is 0 Å². The first-order chi connectivity index (χ1) is 11.0. The van der Waals surface area contributed by atoms with E-state index in [1.54, 1.807) is 0 Å². The third-order valence-corrected chi connectivity index (χ3v) is 4.17. The number of carbonyl (C=O) groups excluding carboxylic acids is 1. The minimum absolute atomic E-state index is 0.0290. The monoisotopic (exact) mass is 326 g/mol. The Morgan fingerprint density at radius 3 is 2.52 bits per heavy atom. The largest absolute Gasteiger partial charge is 0.351 e. The molecular weight excluding hydrogens is 308 g/mol. The number of hydrogen-bond donors (Lipinski definition) is 2. The van der Waals surface area contributed by atoms with Crippen LogP contribution in [0.2, 0.25) is 5.02 Å². The molecule has 3 rings (SSSR count). The summed E-state index contributed by atoms with van der Waals surface area (Å²) in [4.78, 5) is 15.8. The van der Waals surface area contributed by atoms with E-state index in [0.717, 1.165) is 16.5 Å². The van der Waals surface area contributed by atoms with E-state index in [4.69, 9.17) is 11.6 Å². The summed E-state index contributed by atoms with van der Waals surface area (Å²) < 4.78 is 0. The van der Waals surface area contributed by atoms with E-state index in [0.29, 0.717) is 16.6 Å². The van der Waals surface area contributed by atoms with Crippen LogP contribution < -0.4 is 5.32 Å². The molecule has 0 bridgehead atoms. The summed E-state index contributed by atoms with van der Waals surface area (Å²) in [7, 11) is 0. The van der Waals surface area contributed by atoms with E-state index in [1.807, 2.05) is 54.6 Å². The van der Waals surface area contributed by atoms with Gasteiger partial charge in [0.1, 0.15) is 5.69 Å². The highest BCUT2D eigenvalue weighted by Crippen LogP contribution is 2.23. The average molecular weight is 327 g/mol. The lowest BCUT2D eigenvalue weighted by molar-refractivity contribution is 0.0921. The second kappa shape index (κ2) is 6.47. The molecule has 3 nitrogen and oxygen atoms in total. The van der Waals surface area contributed by atoms with E-state index in [2.05, 4.69) is 24.1 Å². The second-order valence-corrected chi connectivity index (χ2v) is 6.46. The van der Waals surface area contributed by atoms with E-state index in [-0.39, 0.29) is 11.9 Å². The Balaban J connectivity index is 1.86. The highest BCUT2D eigenvalue weighted by Gasteiger charge is 2.20. The number of fused-ring (bicyclic) bond motifs is 1. The Morgan fingerprint density at radius 2 is 1.83 bits per heavy atom. The lowest BCUT2D eigenvalue weighted by Gasteiger charge is -2.22. The maximum absolute atomic E-state index is 12.6. The number of H-pyrrole nitrogens is 1. The normalized spacial score (nSPS) is 12.5. The van der Waals surface area contributed by atoms with Crippen LogP contribution in [0.25, 0.3) is 10.9 Å². The van der Waals surface area contributed by atoms with Gasteiger partial charge in [-0.3, -0.25) is 4.79 Å². The first-order valence-electron chi connectivity index (χ1n) is 7.68. The fourth-order valence-electron chi connectivity index (χ4n) is 2.74. The van der Waals surface area contributed by atoms with Gasteiger partial charge in [-0.15, -0.1) is 0 Å². The van der Waals surface area contributed by atoms with Gasteiger partial charge in [0.05, 0.1) is 6.04 Å². The summed E-state index contributed by atoms with van der Waals surface area (Å²) in [5.74, 6) is 0.181. The minimum Gasteiger partial charge on any atom is -0.351 e. The van der Waals surface area contributed by atoms with Crippen LogP contribution in [0.15, 0.2) is 54.6 Å². The van der Waals surface area contributed by atoms with Gasteiger partial charge in [-0.2, -0.15) is 0 Å². The van der Waals surface area contributed by atoms with Gasteiger partial charge in [0.2, 0.25) is 0 Å². The predicted octanol–water partition coefficient (Wildman–Crippen LogP) is 4.95. The third kappa shape index (κ3) is 3.40. The van der Waals surface area contributed by atoms with Crippen molar-refractivity contribution in [3.05, 3.63) is 70.9 Å². The van der Waals surface area contributed by atoms with Crippen molar-refractivity contribution in [2.24, 2.45) is 5.92 Å². The number of aromatic nitrogens is 1. The Labute approximate surface area is 140 Å². The molecule has 1 unspecified atom stereocenters. The molecule has 0 saturated carbocycles. The Morgan fingerprint density at radius 1 is 1.09 bits per heavy atom. The molecule has 2 N–H and O–H groups in total. The molecule has 0 saturated heterocycles. The molecule has 0 aliphatic rings. The van der Waals surface area contributed by atoms with Gasteiger partial charge in [-0.25, -0.2) is 0 Å². The van der Waals surface area contributed by atoms with Crippen molar-refractivity contribution in [2.45, 2.75) is 19.9 Å². The van der Waals surface area contributed by atoms with Crippen molar-refractivity contribution < 1.29 is 4.79 Å². The molecule has 4 heteroatoms. The third-order valence-electron chi connectivity index (χ3n) is 3.94. The molecule has 118 valence electrons. The molecule has 1 atom stereocenters. The summed E-state index contributed by atoms with van der Waals surface area (Å²) in [6.45, 7) is 4.20. The van der Waals surface area contributed by atoms with Gasteiger partial charge in [0.15, 0.2) is 0 Å². The number of aromatic amines is 1. The lowest BCUT2D eigenvalue weighted by Crippen LogP contribution is -2.31. The molecule has 23 heavy (non-hydrogen) atoms. The van der Waals surface area contributed by atoms with Gasteiger partial charge in [0.25, 0.3) is 5.91 Å². The van der Waals surface area contributed by atoms with Crippen molar-refractivity contribution in [3.63, 3.8) is 0 Å². The number of rotatable bonds is 4. The van der Waals surface area contributed by atoms with Crippen LogP contribution >= 0.6 is 11.6 Å². The summed E-state index contributed by atoms with van der Waals surface area (Å²) in [6, 6.07) is 17.4. The second-order valence-electron chi connectivity index (χ2n) is 6.02. The molecule has 1 heterocycles. The lowest BCUT2D eigenvalue weighted by atomic mass is 9.96. The van der Waals surface area contributed by atoms with E-state index < -0.39 is 0 Å². The summed E-state index contributed by atoms with van der Waals surface area (Å²) in [6.07, 6.45) is 0. The van der Waals surface area contributed by atoms with Crippen LogP contribution in [-0.4, -0.2) is 10.9 Å². The molecule has 1 aromatic heterocycles. The van der Waals surface area contributed by atoms with Crippen LogP contribution in [0.3, 0.4) is 0 Å². The minimum atomic E-state index is -0.111. The quantitative estimate of drug-likeness (QED) is 0.700. The molecule has 0 fully saturated rings. The molecule has 0 radical (unpaired) electrons. The summed E-state index contributed by atoms with van der Waals surface area (Å²) in [5.41, 5.74) is 2.55. The van der Waals surface area contributed by atoms with Crippen LogP contribution in [0.4, 0.5) is 0 Å². The number of amides is 1. The molecule has 0 aliphatic heterocycles. The van der Waals surface area contributed by atoms with Crippen LogP contribution in [0, 0.1) is 5.92 Å². The van der Waals surface area contributed by atoms with Gasteiger partial charge in [-0.1, -0.05) is 55.8 Å². The standard InChI is InChI=1S/C19H19ClN2O/c1-12(2)18(13-6-4-3-5-7-13)22-19(23)17-11-14-10-15(20)8-9-16(14)21-17/h3-12,18,21H,1-2H3,(H,22,23). The number of carbonyl (C=O) groups is 1. The zero-order chi connectivity index (χ0) is 16.4. The number of nitrogens with one attached hydrogen (secondary N) is 2. The first-order valence-corrected chi connectivity index (χ1v) is 8.06. The molecule has 3 aromatic rings. The topological polar surface area (TPSA) is 44.9 Å². The van der Waals surface area contributed by atoms with Crippen molar-refractivity contribution in [3.8, 4) is 0 Å². The number of hydrogen-bond acceptors (Lipinski definition) is 1. The summed E-state index contributed by atoms with van der Waals surface area (Å²) in [5, 5.41) is 4.72. The SMILES string of the molecule is CC(C)C(NC(=O)c1cc2cc(Cl)ccc2[nH]1)c1ccccc1. The van der Waals surface area contributed by atoms with Gasteiger partial charge < -0.3 is 10.3 Å². The molecule has 0 aliphatic carbocycles. The first kappa shape index (κ1) is 15.6.